The number of hydrogen-bond donors (Lipinski definition) is 0. The third-order valence-corrected chi connectivity index (χ3v) is 3.05. The van der Waals surface area contributed by atoms with Crippen molar-refractivity contribution in [3.05, 3.63) is 45.5 Å². The molecule has 1 aromatic heterocycles. The zero-order valence-corrected chi connectivity index (χ0v) is 12.2. The molecule has 5 heteroatoms. The summed E-state index contributed by atoms with van der Waals surface area (Å²) in [5, 5.41) is 0. The second-order valence-corrected chi connectivity index (χ2v) is 4.96. The molecule has 0 aliphatic carbocycles. The van der Waals surface area contributed by atoms with Crippen LogP contribution in [0.1, 0.15) is 0 Å². The van der Waals surface area contributed by atoms with Gasteiger partial charge in [0.15, 0.2) is 11.5 Å². The second-order valence-electron chi connectivity index (χ2n) is 3.19. The molecule has 0 fully saturated rings. The zero-order chi connectivity index (χ0) is 12.3. The summed E-state index contributed by atoms with van der Waals surface area (Å²) in [5.41, 5.74) is 0. The minimum absolute atomic E-state index is 0.498. The summed E-state index contributed by atoms with van der Waals surface area (Å²) in [6, 6.07) is 9.30. The van der Waals surface area contributed by atoms with E-state index >= 15 is 0 Å². The molecule has 3 nitrogen and oxygen atoms in total. The molecule has 17 heavy (non-hydrogen) atoms. The highest BCUT2D eigenvalue weighted by Gasteiger charge is 2.08. The molecule has 88 valence electrons. The van der Waals surface area contributed by atoms with Gasteiger partial charge in [-0.05, 0) is 50.1 Å². The van der Waals surface area contributed by atoms with E-state index in [1.54, 1.807) is 13.3 Å². The van der Waals surface area contributed by atoms with Gasteiger partial charge in [0.2, 0.25) is 5.88 Å². The fourth-order valence-corrected chi connectivity index (χ4v) is 2.35. The Balaban J connectivity index is 2.31. The van der Waals surface area contributed by atoms with E-state index in [9.17, 15) is 0 Å². The first-order valence-electron chi connectivity index (χ1n) is 4.82. The summed E-state index contributed by atoms with van der Waals surface area (Å²) < 4.78 is 12.5. The predicted octanol–water partition coefficient (Wildman–Crippen LogP) is 4.41. The van der Waals surface area contributed by atoms with Gasteiger partial charge in [-0.15, -0.1) is 0 Å². The number of para-hydroxylation sites is 2. The van der Waals surface area contributed by atoms with Crippen molar-refractivity contribution in [3.63, 3.8) is 0 Å². The van der Waals surface area contributed by atoms with Crippen molar-refractivity contribution in [1.29, 1.82) is 0 Å². The topological polar surface area (TPSA) is 31.4 Å². The zero-order valence-electron chi connectivity index (χ0n) is 8.98. The van der Waals surface area contributed by atoms with Crippen LogP contribution in [0.2, 0.25) is 0 Å². The standard InChI is InChI=1S/C12H9Br2NO2/c1-16-10-4-2-3-5-11(10)17-12-9(14)6-8(13)7-15-12/h2-7H,1H3. The van der Waals surface area contributed by atoms with Crippen LogP contribution in [0, 0.1) is 0 Å². The smallest absolute Gasteiger partial charge is 0.233 e. The van der Waals surface area contributed by atoms with Gasteiger partial charge >= 0.3 is 0 Å². The maximum atomic E-state index is 5.68. The van der Waals surface area contributed by atoms with Crippen LogP contribution in [-0.4, -0.2) is 12.1 Å². The number of benzene rings is 1. The van der Waals surface area contributed by atoms with E-state index in [-0.39, 0.29) is 0 Å². The van der Waals surface area contributed by atoms with Crippen LogP contribution in [-0.2, 0) is 0 Å². The lowest BCUT2D eigenvalue weighted by molar-refractivity contribution is 0.373. The van der Waals surface area contributed by atoms with E-state index in [1.165, 1.54) is 0 Å². The first-order valence-corrected chi connectivity index (χ1v) is 6.41. The number of halogens is 2. The summed E-state index contributed by atoms with van der Waals surface area (Å²) in [4.78, 5) is 4.18. The number of aromatic nitrogens is 1. The highest BCUT2D eigenvalue weighted by Crippen LogP contribution is 2.34. The number of methoxy groups -OCH3 is 1. The van der Waals surface area contributed by atoms with Gasteiger partial charge in [0.1, 0.15) is 0 Å². The normalized spacial score (nSPS) is 10.1. The quantitative estimate of drug-likeness (QED) is 0.814. The Kier molecular flexibility index (Phi) is 4.02. The van der Waals surface area contributed by atoms with Crippen molar-refractivity contribution in [1.82, 2.24) is 4.98 Å². The van der Waals surface area contributed by atoms with Crippen molar-refractivity contribution in [2.75, 3.05) is 7.11 Å². The van der Waals surface area contributed by atoms with Crippen LogP contribution < -0.4 is 9.47 Å². The number of ether oxygens (including phenoxy) is 2. The van der Waals surface area contributed by atoms with Gasteiger partial charge in [-0.3, -0.25) is 0 Å². The van der Waals surface area contributed by atoms with Crippen LogP contribution in [0.5, 0.6) is 17.4 Å². The molecule has 0 N–H and O–H groups in total. The molecule has 0 saturated carbocycles. The maximum absolute atomic E-state index is 5.68. The van der Waals surface area contributed by atoms with Crippen LogP contribution >= 0.6 is 31.9 Å². The van der Waals surface area contributed by atoms with Gasteiger partial charge in [0.25, 0.3) is 0 Å². The van der Waals surface area contributed by atoms with Gasteiger partial charge in [0.05, 0.1) is 11.6 Å². The number of pyridine rings is 1. The monoisotopic (exact) mass is 357 g/mol. The molecule has 0 atom stereocenters. The summed E-state index contributed by atoms with van der Waals surface area (Å²) in [6.07, 6.45) is 1.68. The van der Waals surface area contributed by atoms with Crippen LogP contribution in [0.4, 0.5) is 0 Å². The summed E-state index contributed by atoms with van der Waals surface area (Å²) in [5.74, 6) is 1.80. The van der Waals surface area contributed by atoms with Gasteiger partial charge in [0, 0.05) is 10.7 Å². The molecule has 0 radical (unpaired) electrons. The van der Waals surface area contributed by atoms with Crippen LogP contribution in [0.25, 0.3) is 0 Å². The first kappa shape index (κ1) is 12.4. The molecule has 0 bridgehead atoms. The maximum Gasteiger partial charge on any atom is 0.233 e. The molecular formula is C12H9Br2NO2. The highest BCUT2D eigenvalue weighted by molar-refractivity contribution is 9.11. The van der Waals surface area contributed by atoms with Gasteiger partial charge < -0.3 is 9.47 Å². The predicted molar refractivity (Wildman–Crippen MR) is 72.7 cm³/mol. The molecule has 1 heterocycles. The molecule has 0 aliphatic heterocycles. The highest BCUT2D eigenvalue weighted by atomic mass is 79.9. The first-order chi connectivity index (χ1) is 8.20. The van der Waals surface area contributed by atoms with Crippen molar-refractivity contribution in [2.45, 2.75) is 0 Å². The molecule has 1 aromatic carbocycles. The lowest BCUT2D eigenvalue weighted by Gasteiger charge is -2.10. The van der Waals surface area contributed by atoms with Crippen molar-refractivity contribution in [2.24, 2.45) is 0 Å². The molecule has 0 saturated heterocycles. The Morgan fingerprint density at radius 1 is 1.12 bits per heavy atom. The largest absolute Gasteiger partial charge is 0.493 e. The number of rotatable bonds is 3. The minimum Gasteiger partial charge on any atom is -0.493 e. The lowest BCUT2D eigenvalue weighted by atomic mass is 10.3. The Bertz CT molecular complexity index is 532. The van der Waals surface area contributed by atoms with E-state index in [4.69, 9.17) is 9.47 Å². The Hall–Kier alpha value is -1.07. The SMILES string of the molecule is COc1ccccc1Oc1ncc(Br)cc1Br. The van der Waals surface area contributed by atoms with Crippen molar-refractivity contribution in [3.8, 4) is 17.4 Å². The third kappa shape index (κ3) is 2.98. The van der Waals surface area contributed by atoms with Gasteiger partial charge in [-0.25, -0.2) is 4.98 Å². The van der Waals surface area contributed by atoms with Crippen LogP contribution in [0.15, 0.2) is 45.5 Å². The minimum atomic E-state index is 0.498. The number of hydrogen-bond acceptors (Lipinski definition) is 3. The van der Waals surface area contributed by atoms with Gasteiger partial charge in [-0.1, -0.05) is 12.1 Å². The average Bonchev–Trinajstić information content (AvgIpc) is 2.33. The summed E-state index contributed by atoms with van der Waals surface area (Å²) in [7, 11) is 1.60. The fourth-order valence-electron chi connectivity index (χ4n) is 1.28. The summed E-state index contributed by atoms with van der Waals surface area (Å²) >= 11 is 6.73. The molecule has 2 aromatic rings. The van der Waals surface area contributed by atoms with Crippen molar-refractivity contribution >= 4 is 31.9 Å². The number of nitrogens with zero attached hydrogens (tertiary/aromatic N) is 1. The van der Waals surface area contributed by atoms with Crippen LogP contribution in [0.3, 0.4) is 0 Å². The van der Waals surface area contributed by atoms with E-state index in [2.05, 4.69) is 36.8 Å². The van der Waals surface area contributed by atoms with Crippen molar-refractivity contribution < 1.29 is 9.47 Å². The molecular weight excluding hydrogens is 350 g/mol. The van der Waals surface area contributed by atoms with E-state index in [0.717, 1.165) is 8.95 Å². The van der Waals surface area contributed by atoms with Gasteiger partial charge in [-0.2, -0.15) is 0 Å². The molecule has 0 amide bonds. The van der Waals surface area contributed by atoms with E-state index in [0.29, 0.717) is 17.4 Å². The molecule has 0 aliphatic rings. The Morgan fingerprint density at radius 2 is 1.82 bits per heavy atom. The lowest BCUT2D eigenvalue weighted by Crippen LogP contribution is -1.92. The summed E-state index contributed by atoms with van der Waals surface area (Å²) in [6.45, 7) is 0. The second kappa shape index (κ2) is 5.51. The van der Waals surface area contributed by atoms with E-state index in [1.807, 2.05) is 30.3 Å². The Labute approximate surface area is 116 Å². The fraction of sp³-hybridized carbons (Fsp3) is 0.0833. The van der Waals surface area contributed by atoms with E-state index < -0.39 is 0 Å². The Morgan fingerprint density at radius 3 is 2.47 bits per heavy atom. The average molecular weight is 359 g/mol. The third-order valence-electron chi connectivity index (χ3n) is 2.05. The molecule has 0 unspecified atom stereocenters. The molecule has 0 spiro atoms. The molecule has 2 rings (SSSR count).